The normalized spacial score (nSPS) is 32.3. The Morgan fingerprint density at radius 2 is 1.89 bits per heavy atom. The minimum absolute atomic E-state index is 1.01. The van der Waals surface area contributed by atoms with Crippen molar-refractivity contribution in [3.63, 3.8) is 0 Å². The molecular formula is C4HClF4. The summed E-state index contributed by atoms with van der Waals surface area (Å²) in [7, 11) is 0. The van der Waals surface area contributed by atoms with E-state index in [1.54, 1.807) is 0 Å². The van der Waals surface area contributed by atoms with Crippen LogP contribution in [0.1, 0.15) is 0 Å². The maximum Gasteiger partial charge on any atom is 0.335 e. The molecular weight excluding hydrogens is 159 g/mol. The van der Waals surface area contributed by atoms with Crippen molar-refractivity contribution in [1.82, 2.24) is 0 Å². The lowest BCUT2D eigenvalue weighted by atomic mass is 10.0. The van der Waals surface area contributed by atoms with Gasteiger partial charge in [-0.05, 0) is 0 Å². The first kappa shape index (κ1) is 6.86. The summed E-state index contributed by atoms with van der Waals surface area (Å²) < 4.78 is 46.8. The second kappa shape index (κ2) is 1.62. The highest BCUT2D eigenvalue weighted by atomic mass is 35.5. The predicted octanol–water partition coefficient (Wildman–Crippen LogP) is 2.39. The molecule has 1 aliphatic rings. The van der Waals surface area contributed by atoms with Crippen LogP contribution in [0.2, 0.25) is 0 Å². The van der Waals surface area contributed by atoms with Crippen molar-refractivity contribution in [2.24, 2.45) is 0 Å². The summed E-state index contributed by atoms with van der Waals surface area (Å²) in [4.78, 5) is 0. The Morgan fingerprint density at radius 1 is 1.44 bits per heavy atom. The average Bonchev–Trinajstić information content (AvgIpc) is 1.84. The molecule has 0 aromatic rings. The van der Waals surface area contributed by atoms with Gasteiger partial charge >= 0.3 is 5.92 Å². The molecule has 0 aromatic carbocycles. The molecule has 1 atom stereocenters. The Labute approximate surface area is 53.1 Å². The minimum Gasteiger partial charge on any atom is -0.234 e. The smallest absolute Gasteiger partial charge is 0.234 e. The monoisotopic (exact) mass is 160 g/mol. The molecule has 0 aromatic heterocycles. The molecule has 0 fully saturated rings. The zero-order valence-electron chi connectivity index (χ0n) is 3.97. The lowest BCUT2D eigenvalue weighted by molar-refractivity contribution is -0.0670. The Morgan fingerprint density at radius 3 is 2.00 bits per heavy atom. The van der Waals surface area contributed by atoms with E-state index >= 15 is 0 Å². The number of rotatable bonds is 0. The summed E-state index contributed by atoms with van der Waals surface area (Å²) in [6, 6.07) is 0. The van der Waals surface area contributed by atoms with Crippen molar-refractivity contribution < 1.29 is 17.6 Å². The molecule has 5 heteroatoms. The van der Waals surface area contributed by atoms with E-state index in [-0.39, 0.29) is 0 Å². The van der Waals surface area contributed by atoms with Crippen LogP contribution in [0.4, 0.5) is 17.6 Å². The summed E-state index contributed by atoms with van der Waals surface area (Å²) in [5, 5.41) is -1.01. The zero-order valence-corrected chi connectivity index (χ0v) is 4.72. The van der Waals surface area contributed by atoms with Crippen LogP contribution in [-0.4, -0.2) is 12.1 Å². The highest BCUT2D eigenvalue weighted by molar-refractivity contribution is 6.31. The molecule has 9 heavy (non-hydrogen) atoms. The van der Waals surface area contributed by atoms with Gasteiger partial charge in [0.15, 0.2) is 5.83 Å². The van der Waals surface area contributed by atoms with Crippen LogP contribution in [0.5, 0.6) is 0 Å². The minimum atomic E-state index is -3.98. The van der Waals surface area contributed by atoms with E-state index in [4.69, 9.17) is 0 Å². The van der Waals surface area contributed by atoms with Crippen molar-refractivity contribution in [1.29, 1.82) is 0 Å². The molecule has 1 aliphatic carbocycles. The van der Waals surface area contributed by atoms with Gasteiger partial charge < -0.3 is 0 Å². The number of allylic oxidation sites excluding steroid dienone is 2. The van der Waals surface area contributed by atoms with E-state index in [1.165, 1.54) is 0 Å². The van der Waals surface area contributed by atoms with E-state index in [1.807, 2.05) is 0 Å². The maximum absolute atomic E-state index is 11.8. The van der Waals surface area contributed by atoms with Gasteiger partial charge in [-0.2, -0.15) is 8.78 Å². The van der Waals surface area contributed by atoms with Gasteiger partial charge in [-0.15, -0.1) is 0 Å². The lowest BCUT2D eigenvalue weighted by Gasteiger charge is -2.27. The van der Waals surface area contributed by atoms with Gasteiger partial charge in [0.2, 0.25) is 6.17 Å². The first-order chi connectivity index (χ1) is 3.98. The Bertz CT molecular complexity index is 173. The van der Waals surface area contributed by atoms with Gasteiger partial charge in [-0.1, -0.05) is 11.6 Å². The SMILES string of the molecule is FC1=C(Cl)C(F)C1(F)F. The van der Waals surface area contributed by atoms with Crippen molar-refractivity contribution >= 4 is 11.6 Å². The van der Waals surface area contributed by atoms with E-state index < -0.39 is 23.0 Å². The van der Waals surface area contributed by atoms with Gasteiger partial charge in [-0.3, -0.25) is 0 Å². The summed E-state index contributed by atoms with van der Waals surface area (Å²) in [5.74, 6) is -5.83. The van der Waals surface area contributed by atoms with Crippen LogP contribution >= 0.6 is 11.6 Å². The summed E-state index contributed by atoms with van der Waals surface area (Å²) in [5.41, 5.74) is 0. The molecule has 1 unspecified atom stereocenters. The first-order valence-corrected chi connectivity index (χ1v) is 2.43. The van der Waals surface area contributed by atoms with Crippen LogP contribution in [-0.2, 0) is 0 Å². The topological polar surface area (TPSA) is 0 Å². The number of hydrogen-bond donors (Lipinski definition) is 0. The van der Waals surface area contributed by atoms with E-state index in [2.05, 4.69) is 11.6 Å². The second-order valence-corrected chi connectivity index (χ2v) is 2.05. The lowest BCUT2D eigenvalue weighted by Crippen LogP contribution is -2.41. The fourth-order valence-corrected chi connectivity index (χ4v) is 0.726. The third-order valence-corrected chi connectivity index (χ3v) is 1.40. The quantitative estimate of drug-likeness (QED) is 0.478. The molecule has 0 radical (unpaired) electrons. The Hall–Kier alpha value is -0.250. The fourth-order valence-electron chi connectivity index (χ4n) is 0.463. The molecule has 0 heterocycles. The van der Waals surface area contributed by atoms with Gasteiger partial charge in [0, 0.05) is 0 Å². The Balaban J connectivity index is 2.92. The fraction of sp³-hybridized carbons (Fsp3) is 0.500. The molecule has 0 saturated carbocycles. The molecule has 1 rings (SSSR count). The third-order valence-electron chi connectivity index (χ3n) is 1.04. The van der Waals surface area contributed by atoms with Crippen LogP contribution < -0.4 is 0 Å². The predicted molar refractivity (Wildman–Crippen MR) is 23.8 cm³/mol. The summed E-state index contributed by atoms with van der Waals surface area (Å²) in [6.45, 7) is 0. The average molecular weight is 160 g/mol. The molecule has 0 N–H and O–H groups in total. The van der Waals surface area contributed by atoms with Gasteiger partial charge in [-0.25, -0.2) is 8.78 Å². The van der Waals surface area contributed by atoms with Crippen LogP contribution in [0.15, 0.2) is 10.9 Å². The Kier molecular flexibility index (Phi) is 1.24. The van der Waals surface area contributed by atoms with E-state index in [0.29, 0.717) is 0 Å². The number of halogens is 5. The van der Waals surface area contributed by atoms with Crippen molar-refractivity contribution in [2.75, 3.05) is 0 Å². The first-order valence-electron chi connectivity index (χ1n) is 2.05. The van der Waals surface area contributed by atoms with Gasteiger partial charge in [0.25, 0.3) is 0 Å². The van der Waals surface area contributed by atoms with Crippen molar-refractivity contribution in [2.45, 2.75) is 12.1 Å². The van der Waals surface area contributed by atoms with Crippen LogP contribution in [0.3, 0.4) is 0 Å². The van der Waals surface area contributed by atoms with Crippen LogP contribution in [0.25, 0.3) is 0 Å². The standard InChI is InChI=1S/C4HClF4/c5-1-2(6)4(8,9)3(1)7/h2H. The van der Waals surface area contributed by atoms with E-state index in [9.17, 15) is 17.6 Å². The number of hydrogen-bond acceptors (Lipinski definition) is 0. The van der Waals surface area contributed by atoms with Crippen LogP contribution in [0, 0.1) is 0 Å². The van der Waals surface area contributed by atoms with E-state index in [0.717, 1.165) is 0 Å². The maximum atomic E-state index is 11.8. The molecule has 0 aliphatic heterocycles. The van der Waals surface area contributed by atoms with Crippen molar-refractivity contribution in [3.05, 3.63) is 10.9 Å². The third kappa shape index (κ3) is 0.657. The highest BCUT2D eigenvalue weighted by Gasteiger charge is 2.58. The molecule has 0 nitrogen and oxygen atoms in total. The summed E-state index contributed by atoms with van der Waals surface area (Å²) >= 11 is 4.68. The molecule has 52 valence electrons. The highest BCUT2D eigenvalue weighted by Crippen LogP contribution is 2.48. The van der Waals surface area contributed by atoms with Gasteiger partial charge in [0.1, 0.15) is 0 Å². The van der Waals surface area contributed by atoms with Crippen molar-refractivity contribution in [3.8, 4) is 0 Å². The molecule has 0 bridgehead atoms. The molecule has 0 spiro atoms. The second-order valence-electron chi connectivity index (χ2n) is 1.65. The van der Waals surface area contributed by atoms with Gasteiger partial charge in [0.05, 0.1) is 5.03 Å². The largest absolute Gasteiger partial charge is 0.335 e. The summed E-state index contributed by atoms with van der Waals surface area (Å²) in [6.07, 6.45) is -2.64. The number of alkyl halides is 3. The molecule has 0 saturated heterocycles. The zero-order chi connectivity index (χ0) is 7.23. The molecule has 0 amide bonds.